The number of carbonyl (C=O) groups is 1. The van der Waals surface area contributed by atoms with E-state index in [2.05, 4.69) is 15.6 Å². The Morgan fingerprint density at radius 3 is 3.06 bits per heavy atom. The van der Waals surface area contributed by atoms with Crippen molar-refractivity contribution < 1.29 is 4.79 Å². The van der Waals surface area contributed by atoms with Crippen molar-refractivity contribution in [1.82, 2.24) is 10.3 Å². The first kappa shape index (κ1) is 13.2. The van der Waals surface area contributed by atoms with Gasteiger partial charge in [0.25, 0.3) is 5.91 Å². The second-order valence-corrected chi connectivity index (χ2v) is 5.66. The molecule has 1 saturated heterocycles. The summed E-state index contributed by atoms with van der Waals surface area (Å²) in [5, 5.41) is 6.14. The van der Waals surface area contributed by atoms with Gasteiger partial charge in [-0.2, -0.15) is 11.8 Å². The monoisotopic (exact) mass is 265 g/mol. The highest BCUT2D eigenvalue weighted by molar-refractivity contribution is 7.99. The molecule has 18 heavy (non-hydrogen) atoms. The van der Waals surface area contributed by atoms with Crippen molar-refractivity contribution >= 4 is 23.4 Å². The molecule has 1 fully saturated rings. The molecule has 0 aliphatic carbocycles. The van der Waals surface area contributed by atoms with E-state index in [1.54, 1.807) is 6.20 Å². The Labute approximate surface area is 112 Å². The number of aromatic nitrogens is 1. The quantitative estimate of drug-likeness (QED) is 0.878. The largest absolute Gasteiger partial charge is 0.387 e. The highest BCUT2D eigenvalue weighted by Crippen LogP contribution is 2.19. The van der Waals surface area contributed by atoms with Crippen LogP contribution in [0.1, 0.15) is 28.9 Å². The van der Waals surface area contributed by atoms with Crippen LogP contribution in [0.5, 0.6) is 0 Å². The molecule has 1 unspecified atom stereocenters. The fourth-order valence-electron chi connectivity index (χ4n) is 2.07. The lowest BCUT2D eigenvalue weighted by molar-refractivity contribution is 0.0939. The molecule has 1 aliphatic heterocycles. The van der Waals surface area contributed by atoms with E-state index in [4.69, 9.17) is 0 Å². The minimum absolute atomic E-state index is 0.0284. The Balaban J connectivity index is 2.08. The predicted molar refractivity (Wildman–Crippen MR) is 76.3 cm³/mol. The summed E-state index contributed by atoms with van der Waals surface area (Å²) >= 11 is 1.91. The SMILES string of the molecule is CNc1cc(C)ncc1C(=O)NC1CCCSC1. The fourth-order valence-corrected chi connectivity index (χ4v) is 3.14. The number of hydrogen-bond acceptors (Lipinski definition) is 4. The smallest absolute Gasteiger partial charge is 0.255 e. The number of pyridine rings is 1. The lowest BCUT2D eigenvalue weighted by atomic mass is 10.1. The third-order valence-corrected chi connectivity index (χ3v) is 4.27. The van der Waals surface area contributed by atoms with E-state index in [-0.39, 0.29) is 5.91 Å². The summed E-state index contributed by atoms with van der Waals surface area (Å²) in [6, 6.07) is 2.19. The maximum atomic E-state index is 12.2. The van der Waals surface area contributed by atoms with E-state index < -0.39 is 0 Å². The van der Waals surface area contributed by atoms with Gasteiger partial charge in [-0.05, 0) is 31.6 Å². The van der Waals surface area contributed by atoms with Gasteiger partial charge in [-0.3, -0.25) is 9.78 Å². The zero-order valence-corrected chi connectivity index (χ0v) is 11.6. The van der Waals surface area contributed by atoms with Crippen molar-refractivity contribution in [2.45, 2.75) is 25.8 Å². The van der Waals surface area contributed by atoms with Crippen LogP contribution in [0, 0.1) is 6.92 Å². The van der Waals surface area contributed by atoms with Crippen LogP contribution in [-0.4, -0.2) is 35.5 Å². The maximum absolute atomic E-state index is 12.2. The van der Waals surface area contributed by atoms with E-state index in [1.165, 1.54) is 12.2 Å². The molecule has 1 amide bonds. The van der Waals surface area contributed by atoms with E-state index in [9.17, 15) is 4.79 Å². The first-order valence-electron chi connectivity index (χ1n) is 6.23. The average Bonchev–Trinajstić information content (AvgIpc) is 2.39. The second kappa shape index (κ2) is 6.09. The number of rotatable bonds is 3. The summed E-state index contributed by atoms with van der Waals surface area (Å²) in [6.45, 7) is 1.92. The molecule has 98 valence electrons. The standard InChI is InChI=1S/C13H19N3OS/c1-9-6-12(14-2)11(7-15-9)13(17)16-10-4-3-5-18-8-10/h6-7,10H,3-5,8H2,1-2H3,(H,14,15)(H,16,17). The van der Waals surface area contributed by atoms with Crippen LogP contribution in [0.2, 0.25) is 0 Å². The van der Waals surface area contributed by atoms with E-state index >= 15 is 0 Å². The van der Waals surface area contributed by atoms with Gasteiger partial charge in [-0.1, -0.05) is 0 Å². The summed E-state index contributed by atoms with van der Waals surface area (Å²) in [7, 11) is 1.82. The molecule has 1 aliphatic rings. The number of nitrogens with one attached hydrogen (secondary N) is 2. The van der Waals surface area contributed by atoms with Crippen molar-refractivity contribution in [3.63, 3.8) is 0 Å². The second-order valence-electron chi connectivity index (χ2n) is 4.51. The number of anilines is 1. The van der Waals surface area contributed by atoms with E-state index in [0.29, 0.717) is 11.6 Å². The zero-order valence-electron chi connectivity index (χ0n) is 10.8. The lowest BCUT2D eigenvalue weighted by Gasteiger charge is -2.23. The van der Waals surface area contributed by atoms with Crippen molar-refractivity contribution in [2.24, 2.45) is 0 Å². The van der Waals surface area contributed by atoms with Crippen LogP contribution in [0.15, 0.2) is 12.3 Å². The van der Waals surface area contributed by atoms with Gasteiger partial charge in [-0.15, -0.1) is 0 Å². The first-order chi connectivity index (χ1) is 8.70. The molecule has 1 aromatic heterocycles. The highest BCUT2D eigenvalue weighted by atomic mass is 32.2. The van der Waals surface area contributed by atoms with Crippen LogP contribution in [0.3, 0.4) is 0 Å². The van der Waals surface area contributed by atoms with Gasteiger partial charge in [0.2, 0.25) is 0 Å². The minimum atomic E-state index is -0.0284. The molecule has 4 nitrogen and oxygen atoms in total. The van der Waals surface area contributed by atoms with Gasteiger partial charge in [0.15, 0.2) is 0 Å². The Morgan fingerprint density at radius 2 is 2.39 bits per heavy atom. The molecule has 0 radical (unpaired) electrons. The first-order valence-corrected chi connectivity index (χ1v) is 7.39. The molecule has 0 aromatic carbocycles. The number of thioether (sulfide) groups is 1. The van der Waals surface area contributed by atoms with Crippen molar-refractivity contribution in [3.8, 4) is 0 Å². The third kappa shape index (κ3) is 3.16. The molecule has 1 aromatic rings. The number of aryl methyl sites for hydroxylation is 1. The van der Waals surface area contributed by atoms with Crippen molar-refractivity contribution in [3.05, 3.63) is 23.5 Å². The predicted octanol–water partition coefficient (Wildman–Crippen LogP) is 2.06. The number of amides is 1. The molecule has 1 atom stereocenters. The summed E-state index contributed by atoms with van der Waals surface area (Å²) in [5.74, 6) is 2.19. The molecular weight excluding hydrogens is 246 g/mol. The molecule has 0 saturated carbocycles. The van der Waals surface area contributed by atoms with Crippen LogP contribution in [0.4, 0.5) is 5.69 Å². The van der Waals surface area contributed by atoms with Gasteiger partial charge < -0.3 is 10.6 Å². The molecule has 0 spiro atoms. The van der Waals surface area contributed by atoms with Gasteiger partial charge in [0.05, 0.1) is 11.3 Å². The van der Waals surface area contributed by atoms with Crippen LogP contribution < -0.4 is 10.6 Å². The Kier molecular flexibility index (Phi) is 4.47. The highest BCUT2D eigenvalue weighted by Gasteiger charge is 2.18. The van der Waals surface area contributed by atoms with Crippen LogP contribution >= 0.6 is 11.8 Å². The van der Waals surface area contributed by atoms with Gasteiger partial charge in [0.1, 0.15) is 0 Å². The normalized spacial score (nSPS) is 19.3. The Bertz CT molecular complexity index is 430. The number of hydrogen-bond donors (Lipinski definition) is 2. The Morgan fingerprint density at radius 1 is 1.56 bits per heavy atom. The van der Waals surface area contributed by atoms with Crippen molar-refractivity contribution in [2.75, 3.05) is 23.9 Å². The van der Waals surface area contributed by atoms with Gasteiger partial charge in [0, 0.05) is 30.7 Å². The summed E-state index contributed by atoms with van der Waals surface area (Å²) in [4.78, 5) is 16.4. The van der Waals surface area contributed by atoms with Crippen LogP contribution in [-0.2, 0) is 0 Å². The molecular formula is C13H19N3OS. The molecule has 2 rings (SSSR count). The Hall–Kier alpha value is -1.23. The van der Waals surface area contributed by atoms with E-state index in [0.717, 1.165) is 23.6 Å². The molecule has 0 bridgehead atoms. The zero-order chi connectivity index (χ0) is 13.0. The summed E-state index contributed by atoms with van der Waals surface area (Å²) in [5.41, 5.74) is 2.37. The van der Waals surface area contributed by atoms with Gasteiger partial charge >= 0.3 is 0 Å². The molecule has 2 heterocycles. The topological polar surface area (TPSA) is 54.0 Å². The summed E-state index contributed by atoms with van der Waals surface area (Å²) < 4.78 is 0. The fraction of sp³-hybridized carbons (Fsp3) is 0.538. The van der Waals surface area contributed by atoms with E-state index in [1.807, 2.05) is 31.8 Å². The minimum Gasteiger partial charge on any atom is -0.387 e. The average molecular weight is 265 g/mol. The van der Waals surface area contributed by atoms with Gasteiger partial charge in [-0.25, -0.2) is 0 Å². The molecule has 5 heteroatoms. The third-order valence-electron chi connectivity index (χ3n) is 3.05. The number of carbonyl (C=O) groups excluding carboxylic acids is 1. The maximum Gasteiger partial charge on any atom is 0.255 e. The summed E-state index contributed by atoms with van der Waals surface area (Å²) in [6.07, 6.45) is 3.90. The van der Waals surface area contributed by atoms with Crippen LogP contribution in [0.25, 0.3) is 0 Å². The molecule has 2 N–H and O–H groups in total. The van der Waals surface area contributed by atoms with Crippen molar-refractivity contribution in [1.29, 1.82) is 0 Å². The lowest BCUT2D eigenvalue weighted by Crippen LogP contribution is -2.38. The number of nitrogens with zero attached hydrogens (tertiary/aromatic N) is 1.